The number of esters is 1. The van der Waals surface area contributed by atoms with Crippen molar-refractivity contribution in [1.29, 1.82) is 0 Å². The summed E-state index contributed by atoms with van der Waals surface area (Å²) < 4.78 is 4.99. The smallest absolute Gasteiger partial charge is 0.0548 e. The van der Waals surface area contributed by atoms with Crippen molar-refractivity contribution in [2.45, 2.75) is 37.8 Å². The number of carbonyl (C=O) groups excluding carboxylic acids is 1. The van der Waals surface area contributed by atoms with Crippen LogP contribution in [0.25, 0.3) is 11.5 Å². The molecule has 7 nitrogen and oxygen atoms in total. The van der Waals surface area contributed by atoms with Crippen molar-refractivity contribution in [1.82, 2.24) is 0 Å². The van der Waals surface area contributed by atoms with Gasteiger partial charge in [0.1, 0.15) is 22.6 Å². The van der Waals surface area contributed by atoms with Gasteiger partial charge in [0.05, 0.1) is 0 Å². The standard InChI is InChI=1S/C14H10O5.C6H12N2.ClH.Pt/c15-11-7-3-1-5-9(11)14(18)19-12-8-4-2-6-10(12)13(16)17;7-5-3-1-2-4-6(5)8;;/h1-8,15H,(H,16,17);5-8H,1-4H2;1H;/q;-2;;+1/p-1. The van der Waals surface area contributed by atoms with Gasteiger partial charge in [-0.3, -0.25) is 0 Å². The van der Waals surface area contributed by atoms with E-state index in [1.165, 1.54) is 43.2 Å². The van der Waals surface area contributed by atoms with Crippen LogP contribution in [0, 0.1) is 0 Å². The Kier molecular flexibility index (Phi) is 11.5. The quantitative estimate of drug-likeness (QED) is 0.360. The molecule has 2 unspecified atom stereocenters. The number of phenolic OH excluding ortho intramolecular Hbond substituents is 1. The normalized spacial score (nSPS) is 17.7. The molecule has 0 saturated heterocycles. The van der Waals surface area contributed by atoms with E-state index in [1.807, 2.05) is 0 Å². The topological polar surface area (TPSA) is 131 Å². The Bertz CT molecular complexity index is 796. The maximum atomic E-state index is 11.8. The molecule has 0 bridgehead atoms. The predicted molar refractivity (Wildman–Crippen MR) is 107 cm³/mol. The minimum atomic E-state index is -1.19. The van der Waals surface area contributed by atoms with Crippen LogP contribution in [-0.2, 0) is 18.8 Å². The van der Waals surface area contributed by atoms with Gasteiger partial charge in [0.15, 0.2) is 0 Å². The molecule has 0 amide bonds. The third-order valence-electron chi connectivity index (χ3n) is 4.21. The summed E-state index contributed by atoms with van der Waals surface area (Å²) in [5.74, 6) is -2.30. The number of ether oxygens (including phenoxy) is 1. The van der Waals surface area contributed by atoms with Crippen molar-refractivity contribution in [2.75, 3.05) is 0 Å². The average Bonchev–Trinajstić information content (AvgIpc) is 2.73. The van der Waals surface area contributed by atoms with Crippen LogP contribution in [0.3, 0.4) is 0 Å². The van der Waals surface area contributed by atoms with Gasteiger partial charge in [0, 0.05) is 0 Å². The van der Waals surface area contributed by atoms with Crippen molar-refractivity contribution < 1.29 is 43.3 Å². The predicted octanol–water partition coefficient (Wildman–Crippen LogP) is 5.40. The van der Waals surface area contributed by atoms with Gasteiger partial charge in [-0.1, -0.05) is 49.9 Å². The van der Waals surface area contributed by atoms with Crippen molar-refractivity contribution in [2.24, 2.45) is 0 Å². The summed E-state index contributed by atoms with van der Waals surface area (Å²) in [4.78, 5) is 22.8. The molecule has 3 rings (SSSR count). The minimum absolute atomic E-state index is 0.0253. The first-order valence-corrected chi connectivity index (χ1v) is 11.6. The first kappa shape index (κ1) is 25.1. The Labute approximate surface area is 184 Å². The third kappa shape index (κ3) is 8.15. The first-order chi connectivity index (χ1) is 13.9. The fourth-order valence-electron chi connectivity index (χ4n) is 2.66. The Hall–Kier alpha value is -1.92. The van der Waals surface area contributed by atoms with Crippen LogP contribution in [0.4, 0.5) is 0 Å². The van der Waals surface area contributed by atoms with E-state index in [0.29, 0.717) is 0 Å². The van der Waals surface area contributed by atoms with Crippen LogP contribution in [0.1, 0.15) is 46.4 Å². The summed E-state index contributed by atoms with van der Waals surface area (Å²) in [6.45, 7) is 0. The minimum Gasteiger partial charge on any atom is -0.676 e. The number of phenols is 1. The molecule has 0 spiro atoms. The zero-order valence-corrected chi connectivity index (χ0v) is 18.4. The summed E-state index contributed by atoms with van der Waals surface area (Å²) in [6.07, 6.45) is 4.25. The van der Waals surface area contributed by atoms with Crippen LogP contribution in [0.2, 0.25) is 0 Å². The average molecular weight is 601 g/mol. The van der Waals surface area contributed by atoms with Crippen LogP contribution < -0.4 is 4.74 Å². The van der Waals surface area contributed by atoms with Crippen molar-refractivity contribution in [3.63, 3.8) is 0 Å². The Morgan fingerprint density at radius 2 is 1.41 bits per heavy atom. The Morgan fingerprint density at radius 1 is 0.931 bits per heavy atom. The number of carboxylic acids is 1. The van der Waals surface area contributed by atoms with E-state index < -0.39 is 11.9 Å². The molecular formula is C20H22ClN2O5Pt-2. The van der Waals surface area contributed by atoms with Gasteiger partial charge in [0.25, 0.3) is 0 Å². The van der Waals surface area contributed by atoms with Crippen molar-refractivity contribution in [3.05, 3.63) is 71.1 Å². The monoisotopic (exact) mass is 600 g/mol. The molecule has 29 heavy (non-hydrogen) atoms. The Balaban J connectivity index is 0.000000351. The molecule has 161 valence electrons. The molecule has 1 aliphatic rings. The second-order valence-corrected chi connectivity index (χ2v) is 6.21. The number of aromatic hydroxyl groups is 1. The second kappa shape index (κ2) is 13.3. The molecule has 1 aliphatic carbocycles. The molecule has 0 aliphatic heterocycles. The van der Waals surface area contributed by atoms with E-state index in [2.05, 4.69) is 9.42 Å². The number of rotatable bonds is 3. The summed E-state index contributed by atoms with van der Waals surface area (Å²) in [5.41, 5.74) is 14.4. The SMILES string of the molecule is O=C(Oc1ccccc1C(=O)O)c1ccccc1O.[Cl][Pt].[NH-]C1CCCCC1[NH-]. The molecule has 4 N–H and O–H groups in total. The van der Waals surface area contributed by atoms with E-state index in [4.69, 9.17) is 21.3 Å². The maximum Gasteiger partial charge on any atom is -0.0548 e. The summed E-state index contributed by atoms with van der Waals surface area (Å²) in [7, 11) is 4.61. The largest absolute Gasteiger partial charge is 0.676 e. The number of benzene rings is 2. The van der Waals surface area contributed by atoms with E-state index >= 15 is 0 Å². The molecular weight excluding hydrogens is 579 g/mol. The fourth-order valence-corrected chi connectivity index (χ4v) is 2.66. The Morgan fingerprint density at radius 3 is 1.90 bits per heavy atom. The molecule has 0 radical (unpaired) electrons. The van der Waals surface area contributed by atoms with Crippen LogP contribution >= 0.6 is 9.42 Å². The molecule has 1 saturated carbocycles. The molecule has 9 heteroatoms. The van der Waals surface area contributed by atoms with Crippen LogP contribution in [0.5, 0.6) is 11.5 Å². The number of carbonyl (C=O) groups is 2. The number of nitrogens with one attached hydrogen (secondary N) is 2. The van der Waals surface area contributed by atoms with Gasteiger partial charge in [-0.15, -0.1) is 0 Å². The number of para-hydroxylation sites is 2. The van der Waals surface area contributed by atoms with E-state index in [-0.39, 0.29) is 34.7 Å². The van der Waals surface area contributed by atoms with Gasteiger partial charge in [-0.05, 0) is 24.3 Å². The van der Waals surface area contributed by atoms with Gasteiger partial charge < -0.3 is 26.4 Å². The van der Waals surface area contributed by atoms with Crippen LogP contribution in [-0.4, -0.2) is 34.2 Å². The second-order valence-electron chi connectivity index (χ2n) is 6.21. The molecule has 2 aromatic rings. The number of carboxylic acid groups (broad SMARTS) is 1. The number of halogens is 1. The zero-order chi connectivity index (χ0) is 21.8. The number of hydrogen-bond donors (Lipinski definition) is 2. The van der Waals surface area contributed by atoms with Gasteiger partial charge in [-0.2, -0.15) is 12.1 Å². The molecule has 2 aromatic carbocycles. The van der Waals surface area contributed by atoms with Gasteiger partial charge >= 0.3 is 40.1 Å². The van der Waals surface area contributed by atoms with Crippen molar-refractivity contribution >= 4 is 21.4 Å². The third-order valence-corrected chi connectivity index (χ3v) is 4.21. The van der Waals surface area contributed by atoms with Gasteiger partial charge in [0.2, 0.25) is 0 Å². The first-order valence-electron chi connectivity index (χ1n) is 8.77. The summed E-state index contributed by atoms with van der Waals surface area (Å²) in [6, 6.07) is 11.5. The van der Waals surface area contributed by atoms with Gasteiger partial charge in [-0.25, -0.2) is 9.59 Å². The van der Waals surface area contributed by atoms with E-state index in [9.17, 15) is 14.7 Å². The summed E-state index contributed by atoms with van der Waals surface area (Å²) in [5, 5.41) is 18.5. The number of aromatic carboxylic acids is 1. The maximum absolute atomic E-state index is 11.8. The fraction of sp³-hybridized carbons (Fsp3) is 0.300. The molecule has 0 aromatic heterocycles. The van der Waals surface area contributed by atoms with E-state index in [0.717, 1.165) is 12.8 Å². The molecule has 0 heterocycles. The molecule has 2 atom stereocenters. The number of hydrogen-bond acceptors (Lipinski definition) is 4. The van der Waals surface area contributed by atoms with Crippen LogP contribution in [0.15, 0.2) is 48.5 Å². The summed E-state index contributed by atoms with van der Waals surface area (Å²) >= 11 is 1.61. The zero-order valence-electron chi connectivity index (χ0n) is 15.4. The van der Waals surface area contributed by atoms with E-state index in [1.54, 1.807) is 37.0 Å². The van der Waals surface area contributed by atoms with Crippen molar-refractivity contribution in [3.8, 4) is 11.5 Å². The molecule has 1 fully saturated rings.